The van der Waals surface area contributed by atoms with Crippen LogP contribution in [0.5, 0.6) is 0 Å². The van der Waals surface area contributed by atoms with Gasteiger partial charge in [-0.3, -0.25) is 0 Å². The molecule has 0 aliphatic carbocycles. The van der Waals surface area contributed by atoms with E-state index in [1.54, 1.807) is 13.0 Å². The molecule has 0 aliphatic heterocycles. The Labute approximate surface area is 116 Å². The van der Waals surface area contributed by atoms with E-state index in [0.29, 0.717) is 5.56 Å². The van der Waals surface area contributed by atoms with Gasteiger partial charge in [-0.2, -0.15) is 0 Å². The molecule has 1 rings (SSSR count). The monoisotopic (exact) mass is 297 g/mol. The molecule has 0 atom stereocenters. The molecule has 0 fully saturated rings. The minimum atomic E-state index is -1.49. The number of aryl methyl sites for hydroxylation is 1. The van der Waals surface area contributed by atoms with E-state index in [2.05, 4.69) is 0 Å². The van der Waals surface area contributed by atoms with Crippen molar-refractivity contribution in [2.75, 3.05) is 0 Å². The quantitative estimate of drug-likeness (QED) is 0.720. The Morgan fingerprint density at radius 1 is 1.17 bits per heavy atom. The number of carboxylic acid groups (broad SMARTS) is 2. The van der Waals surface area contributed by atoms with Crippen LogP contribution in [-0.4, -0.2) is 11.9 Å². The number of carbonyl (C=O) groups excluding carboxylic acids is 2. The van der Waals surface area contributed by atoms with Crippen molar-refractivity contribution in [1.29, 1.82) is 0 Å². The fourth-order valence-corrected chi connectivity index (χ4v) is 1.83. The number of rotatable bonds is 5. The summed E-state index contributed by atoms with van der Waals surface area (Å²) in [5, 5.41) is 21.8. The Bertz CT molecular complexity index is 455. The van der Waals surface area contributed by atoms with E-state index in [0.717, 1.165) is 24.8 Å². The first-order chi connectivity index (χ1) is 7.99. The molecule has 101 valence electrons. The summed E-state index contributed by atoms with van der Waals surface area (Å²) in [6.45, 7) is 3.63. The van der Waals surface area contributed by atoms with Crippen molar-refractivity contribution >= 4 is 11.9 Å². The normalized spacial score (nSPS) is 9.67. The van der Waals surface area contributed by atoms with Gasteiger partial charge in [-0.05, 0) is 30.9 Å². The molecule has 0 aliphatic rings. The molecule has 18 heavy (non-hydrogen) atoms. The van der Waals surface area contributed by atoms with Gasteiger partial charge in [-0.25, -0.2) is 0 Å². The first-order valence-corrected chi connectivity index (χ1v) is 5.54. The van der Waals surface area contributed by atoms with Gasteiger partial charge in [-0.1, -0.05) is 25.5 Å². The number of hydrogen-bond donors (Lipinski definition) is 0. The van der Waals surface area contributed by atoms with Crippen molar-refractivity contribution in [3.05, 3.63) is 34.4 Å². The van der Waals surface area contributed by atoms with Crippen LogP contribution in [0.15, 0.2) is 12.1 Å². The van der Waals surface area contributed by atoms with Gasteiger partial charge in [0.2, 0.25) is 0 Å². The van der Waals surface area contributed by atoms with Crippen molar-refractivity contribution in [2.24, 2.45) is 0 Å². The maximum absolute atomic E-state index is 11.0. The molecule has 0 amide bonds. The van der Waals surface area contributed by atoms with Crippen LogP contribution in [0.25, 0.3) is 0 Å². The van der Waals surface area contributed by atoms with Gasteiger partial charge in [0.15, 0.2) is 0 Å². The number of benzene rings is 1. The van der Waals surface area contributed by atoms with Crippen LogP contribution in [0, 0.1) is 6.92 Å². The van der Waals surface area contributed by atoms with Gasteiger partial charge in [0.25, 0.3) is 0 Å². The zero-order valence-electron chi connectivity index (χ0n) is 10.2. The smallest absolute Gasteiger partial charge is 0.545 e. The maximum atomic E-state index is 11.0. The Morgan fingerprint density at radius 2 is 1.78 bits per heavy atom. The zero-order chi connectivity index (χ0) is 13.0. The van der Waals surface area contributed by atoms with E-state index >= 15 is 0 Å². The van der Waals surface area contributed by atoms with E-state index in [9.17, 15) is 19.8 Å². The van der Waals surface area contributed by atoms with Gasteiger partial charge in [-0.15, -0.1) is 0 Å². The second-order valence-corrected chi connectivity index (χ2v) is 3.95. The molecule has 0 aromatic heterocycles. The molecule has 5 heteroatoms. The topological polar surface area (TPSA) is 80.3 Å². The van der Waals surface area contributed by atoms with E-state index in [1.807, 2.05) is 6.92 Å². The fraction of sp³-hybridized carbons (Fsp3) is 0.385. The van der Waals surface area contributed by atoms with Crippen LogP contribution >= 0.6 is 0 Å². The molecule has 1 aromatic rings. The van der Waals surface area contributed by atoms with Crippen molar-refractivity contribution < 1.29 is 36.9 Å². The first kappa shape index (κ1) is 16.7. The Hall–Kier alpha value is -1.32. The van der Waals surface area contributed by atoms with Crippen molar-refractivity contribution in [1.82, 2.24) is 0 Å². The summed E-state index contributed by atoms with van der Waals surface area (Å²) in [4.78, 5) is 21.8. The fourth-order valence-electron chi connectivity index (χ4n) is 1.83. The minimum absolute atomic E-state index is 0. The summed E-state index contributed by atoms with van der Waals surface area (Å²) in [7, 11) is 0. The predicted molar refractivity (Wildman–Crippen MR) is 58.5 cm³/mol. The largest absolute Gasteiger partial charge is 2.00 e. The second-order valence-electron chi connectivity index (χ2n) is 3.95. The van der Waals surface area contributed by atoms with Crippen LogP contribution in [0.1, 0.15) is 51.6 Å². The molecule has 0 bridgehead atoms. The third kappa shape index (κ3) is 3.59. The van der Waals surface area contributed by atoms with E-state index in [4.69, 9.17) is 0 Å². The average molecular weight is 298 g/mol. The number of unbranched alkanes of at least 4 members (excludes halogenated alkanes) is 1. The summed E-state index contributed by atoms with van der Waals surface area (Å²) in [5.41, 5.74) is 0.720. The average Bonchev–Trinajstić information content (AvgIpc) is 2.26. The van der Waals surface area contributed by atoms with Crippen LogP contribution in [0.3, 0.4) is 0 Å². The van der Waals surface area contributed by atoms with E-state index < -0.39 is 11.9 Å². The molecule has 0 heterocycles. The van der Waals surface area contributed by atoms with Gasteiger partial charge < -0.3 is 19.8 Å². The van der Waals surface area contributed by atoms with Gasteiger partial charge in [0.1, 0.15) is 0 Å². The van der Waals surface area contributed by atoms with Gasteiger partial charge in [0, 0.05) is 11.1 Å². The molecule has 0 unspecified atom stereocenters. The molecule has 1 aromatic carbocycles. The molecular formula is C13H14CuO4. The number of aromatic carboxylic acids is 2. The third-order valence-corrected chi connectivity index (χ3v) is 2.80. The molecule has 0 spiro atoms. The van der Waals surface area contributed by atoms with Crippen molar-refractivity contribution in [3.8, 4) is 0 Å². The van der Waals surface area contributed by atoms with Crippen LogP contribution in [0.4, 0.5) is 0 Å². The van der Waals surface area contributed by atoms with Gasteiger partial charge in [0.05, 0.1) is 11.9 Å². The van der Waals surface area contributed by atoms with E-state index in [-0.39, 0.29) is 28.2 Å². The van der Waals surface area contributed by atoms with Gasteiger partial charge >= 0.3 is 17.1 Å². The molecule has 4 nitrogen and oxygen atoms in total. The summed E-state index contributed by atoms with van der Waals surface area (Å²) in [6, 6.07) is 2.92. The Morgan fingerprint density at radius 3 is 2.22 bits per heavy atom. The summed E-state index contributed by atoms with van der Waals surface area (Å²) >= 11 is 0. The third-order valence-electron chi connectivity index (χ3n) is 2.80. The van der Waals surface area contributed by atoms with Crippen LogP contribution in [0.2, 0.25) is 0 Å². The SMILES string of the molecule is CCCCc1ccc(C(=O)[O-])c(C(=O)[O-])c1C.[Cu+2]. The zero-order valence-corrected chi connectivity index (χ0v) is 11.2. The summed E-state index contributed by atoms with van der Waals surface area (Å²) in [6.07, 6.45) is 2.65. The molecule has 0 saturated carbocycles. The molecular weight excluding hydrogens is 284 g/mol. The van der Waals surface area contributed by atoms with E-state index in [1.165, 1.54) is 6.07 Å². The number of carboxylic acids is 2. The predicted octanol–water partition coefficient (Wildman–Crippen LogP) is 0.0621. The minimum Gasteiger partial charge on any atom is -0.545 e. The first-order valence-electron chi connectivity index (χ1n) is 5.54. The van der Waals surface area contributed by atoms with Crippen LogP contribution in [-0.2, 0) is 23.5 Å². The number of hydrogen-bond acceptors (Lipinski definition) is 4. The Kier molecular flexibility index (Phi) is 6.66. The van der Waals surface area contributed by atoms with Crippen molar-refractivity contribution in [2.45, 2.75) is 33.1 Å². The van der Waals surface area contributed by atoms with Crippen LogP contribution < -0.4 is 10.2 Å². The Balaban J connectivity index is 0.00000289. The standard InChI is InChI=1S/C13H16O4.Cu/c1-3-4-5-9-6-7-10(12(14)15)11(8(9)2)13(16)17;/h6-7H,3-5H2,1-2H3,(H,14,15)(H,16,17);/q;+2/p-2. The molecule has 1 radical (unpaired) electrons. The number of carbonyl (C=O) groups is 2. The molecule has 0 saturated heterocycles. The summed E-state index contributed by atoms with van der Waals surface area (Å²) in [5.74, 6) is -2.96. The maximum Gasteiger partial charge on any atom is 2.00 e. The van der Waals surface area contributed by atoms with Crippen molar-refractivity contribution in [3.63, 3.8) is 0 Å². The molecule has 0 N–H and O–H groups in total. The second kappa shape index (κ2) is 7.19. The summed E-state index contributed by atoms with van der Waals surface area (Å²) < 4.78 is 0.